The molecule has 240 valence electrons. The summed E-state index contributed by atoms with van der Waals surface area (Å²) in [6.45, 7) is 4.21. The van der Waals surface area contributed by atoms with E-state index in [4.69, 9.17) is 14.6 Å². The topological polar surface area (TPSA) is 89.9 Å². The Labute approximate surface area is 279 Å². The third kappa shape index (κ3) is 8.48. The highest BCUT2D eigenvalue weighted by molar-refractivity contribution is 8.00. The van der Waals surface area contributed by atoms with Crippen molar-refractivity contribution in [2.75, 3.05) is 12.4 Å². The maximum atomic E-state index is 12.7. The predicted molar refractivity (Wildman–Crippen MR) is 190 cm³/mol. The number of carboxylic acids is 1. The van der Waals surface area contributed by atoms with E-state index < -0.39 is 5.97 Å². The van der Waals surface area contributed by atoms with E-state index in [0.29, 0.717) is 16.7 Å². The summed E-state index contributed by atoms with van der Waals surface area (Å²) < 4.78 is 11.4. The number of ether oxygens (including phenoxy) is 2. The number of carbonyl (C=O) groups excluding carboxylic acids is 2. The van der Waals surface area contributed by atoms with Gasteiger partial charge in [0.2, 0.25) is 0 Å². The van der Waals surface area contributed by atoms with Gasteiger partial charge in [0.25, 0.3) is 0 Å². The summed E-state index contributed by atoms with van der Waals surface area (Å²) in [6.07, 6.45) is 6.62. The first-order valence-electron chi connectivity index (χ1n) is 15.9. The summed E-state index contributed by atoms with van der Waals surface area (Å²) in [7, 11) is 0. The average molecular weight is 647 g/mol. The lowest BCUT2D eigenvalue weighted by Crippen LogP contribution is -2.29. The fourth-order valence-electron chi connectivity index (χ4n) is 5.56. The van der Waals surface area contributed by atoms with Gasteiger partial charge in [-0.1, -0.05) is 92.7 Å². The van der Waals surface area contributed by atoms with E-state index in [1.807, 2.05) is 98.8 Å². The van der Waals surface area contributed by atoms with Gasteiger partial charge in [0.1, 0.15) is 12.7 Å². The Morgan fingerprint density at radius 3 is 1.98 bits per heavy atom. The Kier molecular flexibility index (Phi) is 11.5. The number of rotatable bonds is 6. The van der Waals surface area contributed by atoms with Crippen LogP contribution in [0, 0.1) is 0 Å². The fraction of sp³-hybridized carbons (Fsp3) is 0.225. The number of carboxylic acid groups (broad SMARTS) is 1. The minimum absolute atomic E-state index is 0.0659. The number of carbonyl (C=O) groups is 3. The number of hydrogen-bond donors (Lipinski definition) is 1. The third-order valence-electron chi connectivity index (χ3n) is 8.03. The summed E-state index contributed by atoms with van der Waals surface area (Å²) in [5.74, 6) is -0.688. The monoisotopic (exact) mass is 646 g/mol. The van der Waals surface area contributed by atoms with Gasteiger partial charge in [0.05, 0.1) is 21.9 Å². The van der Waals surface area contributed by atoms with Crippen molar-refractivity contribution in [3.8, 4) is 0 Å². The molecule has 1 heterocycles. The predicted octanol–water partition coefficient (Wildman–Crippen LogP) is 9.25. The summed E-state index contributed by atoms with van der Waals surface area (Å²) >= 11 is 1.68. The molecule has 0 bridgehead atoms. The second-order valence-corrected chi connectivity index (χ2v) is 12.4. The van der Waals surface area contributed by atoms with Gasteiger partial charge in [0, 0.05) is 0 Å². The maximum Gasteiger partial charge on any atom is 0.338 e. The quantitative estimate of drug-likeness (QED) is 0.184. The van der Waals surface area contributed by atoms with Crippen LogP contribution in [0.4, 0.5) is 0 Å². The van der Waals surface area contributed by atoms with Gasteiger partial charge in [-0.3, -0.25) is 0 Å². The van der Waals surface area contributed by atoms with Crippen molar-refractivity contribution in [1.29, 1.82) is 0 Å². The Morgan fingerprint density at radius 2 is 1.34 bits per heavy atom. The van der Waals surface area contributed by atoms with E-state index in [1.54, 1.807) is 36.0 Å². The molecule has 2 atom stereocenters. The molecule has 1 fully saturated rings. The zero-order valence-electron chi connectivity index (χ0n) is 26.6. The lowest BCUT2D eigenvalue weighted by molar-refractivity contribution is 0.0221. The van der Waals surface area contributed by atoms with Crippen molar-refractivity contribution in [3.05, 3.63) is 137 Å². The first kappa shape index (κ1) is 33.5. The third-order valence-corrected chi connectivity index (χ3v) is 9.37. The lowest BCUT2D eigenvalue weighted by atomic mass is 9.96. The number of esters is 2. The standard InChI is InChI=1S/C27H22O4S.C11H10O2.C2H6/c28-26(22-11-9-18-5-1-3-7-20(18)15-22)30-17-25-24(13-14-32-25)31-27(29)23-12-10-19-6-2-4-8-21(19)16-23;12-11(13)10-6-5-8-3-1-2-4-9(8)7-10;1-2/h1-12,15-16,24-25H,13-14,17H2;2,4-7H,1,3H2,(H,12,13);1-2H3/t24-,25-;;/m1../s1. The van der Waals surface area contributed by atoms with Crippen LogP contribution >= 0.6 is 11.8 Å². The van der Waals surface area contributed by atoms with Crippen molar-refractivity contribution >= 4 is 57.3 Å². The molecule has 0 saturated carbocycles. The first-order valence-corrected chi connectivity index (χ1v) is 17.0. The molecule has 0 unspecified atom stereocenters. The first-order chi connectivity index (χ1) is 22.9. The molecule has 1 saturated heterocycles. The maximum absolute atomic E-state index is 12.7. The smallest absolute Gasteiger partial charge is 0.338 e. The molecule has 0 aromatic heterocycles. The Bertz CT molecular complexity index is 1910. The second kappa shape index (κ2) is 16.1. The Morgan fingerprint density at radius 1 is 0.745 bits per heavy atom. The van der Waals surface area contributed by atoms with E-state index in [1.165, 1.54) is 5.56 Å². The van der Waals surface area contributed by atoms with Gasteiger partial charge in [-0.15, -0.1) is 0 Å². The van der Waals surface area contributed by atoms with Crippen LogP contribution in [0.15, 0.2) is 109 Å². The molecule has 47 heavy (non-hydrogen) atoms. The second-order valence-electron chi connectivity index (χ2n) is 11.0. The molecule has 6 nitrogen and oxygen atoms in total. The molecule has 7 heteroatoms. The lowest BCUT2D eigenvalue weighted by Gasteiger charge is -2.19. The normalized spacial score (nSPS) is 16.2. The van der Waals surface area contributed by atoms with Gasteiger partial charge >= 0.3 is 17.9 Å². The molecule has 5 aromatic carbocycles. The molecule has 7 rings (SSSR count). The molecule has 1 aliphatic carbocycles. The molecular formula is C40H38O6S. The minimum atomic E-state index is -0.859. The van der Waals surface area contributed by atoms with Crippen molar-refractivity contribution in [2.24, 2.45) is 0 Å². The molecule has 0 spiro atoms. The fourth-order valence-corrected chi connectivity index (χ4v) is 6.80. The van der Waals surface area contributed by atoms with Crippen LogP contribution < -0.4 is 0 Å². The number of fused-ring (bicyclic) bond motifs is 3. The van der Waals surface area contributed by atoms with Gasteiger partial charge in [-0.2, -0.15) is 11.8 Å². The van der Waals surface area contributed by atoms with Crippen molar-refractivity contribution in [2.45, 2.75) is 44.5 Å². The van der Waals surface area contributed by atoms with Crippen molar-refractivity contribution in [1.82, 2.24) is 0 Å². The van der Waals surface area contributed by atoms with Crippen LogP contribution in [0.5, 0.6) is 0 Å². The van der Waals surface area contributed by atoms with Gasteiger partial charge < -0.3 is 14.6 Å². The number of aryl methyl sites for hydroxylation is 1. The summed E-state index contributed by atoms with van der Waals surface area (Å²) in [5, 5.41) is 12.9. The summed E-state index contributed by atoms with van der Waals surface area (Å²) in [6, 6.07) is 32.2. The number of aromatic carboxylic acids is 1. The molecule has 1 aliphatic heterocycles. The highest BCUT2D eigenvalue weighted by atomic mass is 32.2. The number of thioether (sulfide) groups is 1. The van der Waals surface area contributed by atoms with Crippen LogP contribution in [-0.4, -0.2) is 46.7 Å². The van der Waals surface area contributed by atoms with Crippen molar-refractivity contribution in [3.63, 3.8) is 0 Å². The Balaban J connectivity index is 0.000000241. The molecule has 5 aromatic rings. The van der Waals surface area contributed by atoms with Crippen LogP contribution in [0.3, 0.4) is 0 Å². The molecule has 1 N–H and O–H groups in total. The highest BCUT2D eigenvalue weighted by Crippen LogP contribution is 2.31. The van der Waals surface area contributed by atoms with E-state index in [9.17, 15) is 14.4 Å². The molecular weight excluding hydrogens is 609 g/mol. The van der Waals surface area contributed by atoms with E-state index in [2.05, 4.69) is 6.08 Å². The van der Waals surface area contributed by atoms with Gasteiger partial charge in [-0.05, 0) is 94.1 Å². The van der Waals surface area contributed by atoms with Crippen molar-refractivity contribution < 1.29 is 29.0 Å². The summed E-state index contributed by atoms with van der Waals surface area (Å²) in [4.78, 5) is 36.0. The number of benzene rings is 5. The summed E-state index contributed by atoms with van der Waals surface area (Å²) in [5.41, 5.74) is 3.72. The number of allylic oxidation sites excluding steroid dienone is 1. The van der Waals surface area contributed by atoms with Crippen LogP contribution in [-0.2, 0) is 15.9 Å². The number of hydrogen-bond acceptors (Lipinski definition) is 6. The average Bonchev–Trinajstić information content (AvgIpc) is 3.57. The van der Waals surface area contributed by atoms with E-state index in [0.717, 1.165) is 52.1 Å². The van der Waals surface area contributed by atoms with Gasteiger partial charge in [0.15, 0.2) is 0 Å². The zero-order chi connectivity index (χ0) is 33.2. The molecule has 0 radical (unpaired) electrons. The van der Waals surface area contributed by atoms with Crippen LogP contribution in [0.2, 0.25) is 0 Å². The minimum Gasteiger partial charge on any atom is -0.478 e. The van der Waals surface area contributed by atoms with Crippen LogP contribution in [0.25, 0.3) is 27.6 Å². The zero-order valence-corrected chi connectivity index (χ0v) is 27.4. The van der Waals surface area contributed by atoms with Crippen LogP contribution in [0.1, 0.15) is 68.9 Å². The Hall–Kier alpha value is -4.88. The highest BCUT2D eigenvalue weighted by Gasteiger charge is 2.33. The van der Waals surface area contributed by atoms with Gasteiger partial charge in [-0.25, -0.2) is 14.4 Å². The molecule has 0 amide bonds. The largest absolute Gasteiger partial charge is 0.478 e. The SMILES string of the molecule is CC.O=C(O)c1ccc2c(c1)C=CCC2.O=C(OC[C@H]1SCC[C@H]1OC(=O)c1ccc2ccccc2c1)c1ccc2ccccc2c1. The van der Waals surface area contributed by atoms with E-state index >= 15 is 0 Å². The molecule has 2 aliphatic rings. The van der Waals surface area contributed by atoms with E-state index in [-0.39, 0.29) is 29.9 Å².